The van der Waals surface area contributed by atoms with Gasteiger partial charge < -0.3 is 20.3 Å². The van der Waals surface area contributed by atoms with Gasteiger partial charge in [-0.2, -0.15) is 0 Å². The molecule has 0 fully saturated rings. The second kappa shape index (κ2) is 42.7. The van der Waals surface area contributed by atoms with Crippen molar-refractivity contribution < 1.29 is 24.5 Å². The highest BCUT2D eigenvalue weighted by Crippen LogP contribution is 2.16. The summed E-state index contributed by atoms with van der Waals surface area (Å²) in [7, 11) is 0. The number of hydrogen-bond donors (Lipinski definition) is 3. The van der Waals surface area contributed by atoms with Crippen LogP contribution in [-0.2, 0) is 14.3 Å². The summed E-state index contributed by atoms with van der Waals surface area (Å²) >= 11 is 0. The number of hydrogen-bond acceptors (Lipinski definition) is 5. The van der Waals surface area contributed by atoms with Crippen LogP contribution in [0.15, 0.2) is 60.8 Å². The first kappa shape index (κ1) is 52.6. The maximum absolute atomic E-state index is 13.1. The van der Waals surface area contributed by atoms with Crippen LogP contribution in [-0.4, -0.2) is 46.9 Å². The van der Waals surface area contributed by atoms with Crippen LogP contribution in [0, 0.1) is 0 Å². The Balaban J connectivity index is 4.70. The molecule has 0 saturated carbocycles. The Kier molecular flexibility index (Phi) is 40.8. The second-order valence-electron chi connectivity index (χ2n) is 15.5. The minimum Gasteiger partial charge on any atom is -0.462 e. The Morgan fingerprint density at radius 3 is 1.58 bits per heavy atom. The van der Waals surface area contributed by atoms with Gasteiger partial charge in [-0.25, -0.2) is 0 Å². The molecular weight excluding hydrogens is 683 g/mol. The van der Waals surface area contributed by atoms with Crippen molar-refractivity contribution in [3.05, 3.63) is 60.8 Å². The average molecular weight is 770 g/mol. The van der Waals surface area contributed by atoms with Gasteiger partial charge in [0.2, 0.25) is 5.91 Å². The summed E-state index contributed by atoms with van der Waals surface area (Å²) in [6, 6.07) is -0.717. The summed E-state index contributed by atoms with van der Waals surface area (Å²) in [5.74, 6) is -0.553. The number of nitrogens with one attached hydrogen (secondary N) is 1. The van der Waals surface area contributed by atoms with Gasteiger partial charge in [0.25, 0.3) is 0 Å². The lowest BCUT2D eigenvalue weighted by Gasteiger charge is -2.24. The topological polar surface area (TPSA) is 95.9 Å². The fraction of sp³-hybridized carbons (Fsp3) is 0.755. The summed E-state index contributed by atoms with van der Waals surface area (Å²) in [6.07, 6.45) is 51.4. The first-order valence-corrected chi connectivity index (χ1v) is 23.1. The molecule has 0 aliphatic carbocycles. The van der Waals surface area contributed by atoms with E-state index in [4.69, 9.17) is 4.74 Å². The third kappa shape index (κ3) is 38.2. The highest BCUT2D eigenvalue weighted by Gasteiger charge is 2.24. The lowest BCUT2D eigenvalue weighted by Crippen LogP contribution is -2.46. The number of unbranched alkanes of at least 4 members (excludes halogenated alkanes) is 21. The summed E-state index contributed by atoms with van der Waals surface area (Å²) in [5, 5.41) is 23.6. The minimum atomic E-state index is -0.800. The first-order chi connectivity index (χ1) is 27.0. The number of carbonyl (C=O) groups excluding carboxylic acids is 2. The summed E-state index contributed by atoms with van der Waals surface area (Å²) in [5.41, 5.74) is 0. The van der Waals surface area contributed by atoms with Crippen molar-refractivity contribution in [2.45, 2.75) is 232 Å². The van der Waals surface area contributed by atoms with Gasteiger partial charge in [-0.15, -0.1) is 0 Å². The molecule has 1 amide bonds. The van der Waals surface area contributed by atoms with Gasteiger partial charge in [0, 0.05) is 6.42 Å². The number of rotatable bonds is 40. The minimum absolute atomic E-state index is 0.0392. The van der Waals surface area contributed by atoms with Gasteiger partial charge in [0.05, 0.1) is 25.2 Å². The highest BCUT2D eigenvalue weighted by atomic mass is 16.5. The fourth-order valence-corrected chi connectivity index (χ4v) is 6.68. The molecule has 0 aromatic carbocycles. The molecule has 0 heterocycles. The predicted octanol–water partition coefficient (Wildman–Crippen LogP) is 13.3. The van der Waals surface area contributed by atoms with Crippen molar-refractivity contribution in [2.75, 3.05) is 6.61 Å². The van der Waals surface area contributed by atoms with Crippen LogP contribution >= 0.6 is 0 Å². The zero-order valence-electron chi connectivity index (χ0n) is 36.0. The lowest BCUT2D eigenvalue weighted by atomic mass is 10.0. The monoisotopic (exact) mass is 770 g/mol. The third-order valence-corrected chi connectivity index (χ3v) is 10.2. The van der Waals surface area contributed by atoms with E-state index in [1.807, 2.05) is 30.4 Å². The van der Waals surface area contributed by atoms with Gasteiger partial charge >= 0.3 is 5.97 Å². The molecule has 0 aromatic rings. The Morgan fingerprint density at radius 1 is 0.545 bits per heavy atom. The molecular formula is C49H87NO5. The van der Waals surface area contributed by atoms with Crippen LogP contribution in [0.5, 0.6) is 0 Å². The molecule has 0 aromatic heterocycles. The maximum Gasteiger partial charge on any atom is 0.306 e. The van der Waals surface area contributed by atoms with Crippen LogP contribution in [0.4, 0.5) is 0 Å². The van der Waals surface area contributed by atoms with Gasteiger partial charge in [-0.1, -0.05) is 197 Å². The van der Waals surface area contributed by atoms with E-state index >= 15 is 0 Å². The van der Waals surface area contributed by atoms with Crippen molar-refractivity contribution in [2.24, 2.45) is 0 Å². The SMILES string of the molecule is CC/C=C/C=C/C=C\C=C/CCCCCC(=O)OC(CCC/C=C\CCCCCCCCC)CC(=O)NC(CO)C(O)CCCCCCCCCCCCC. The zero-order chi connectivity index (χ0) is 40.3. The summed E-state index contributed by atoms with van der Waals surface area (Å²) < 4.78 is 5.86. The number of allylic oxidation sites excluding steroid dienone is 10. The van der Waals surface area contributed by atoms with Crippen molar-refractivity contribution >= 4 is 11.9 Å². The number of carbonyl (C=O) groups is 2. The third-order valence-electron chi connectivity index (χ3n) is 10.2. The van der Waals surface area contributed by atoms with Crippen LogP contribution in [0.2, 0.25) is 0 Å². The van der Waals surface area contributed by atoms with E-state index in [0.29, 0.717) is 19.3 Å². The molecule has 6 nitrogen and oxygen atoms in total. The van der Waals surface area contributed by atoms with E-state index < -0.39 is 18.2 Å². The van der Waals surface area contributed by atoms with E-state index in [1.165, 1.54) is 96.3 Å². The second-order valence-corrected chi connectivity index (χ2v) is 15.5. The normalized spacial score (nSPS) is 13.9. The summed E-state index contributed by atoms with van der Waals surface area (Å²) in [4.78, 5) is 26.0. The Morgan fingerprint density at radius 2 is 1.02 bits per heavy atom. The highest BCUT2D eigenvalue weighted by molar-refractivity contribution is 5.77. The molecule has 3 unspecified atom stereocenters. The smallest absolute Gasteiger partial charge is 0.306 e. The van der Waals surface area contributed by atoms with E-state index in [1.54, 1.807) is 0 Å². The van der Waals surface area contributed by atoms with E-state index in [2.05, 4.69) is 56.5 Å². The van der Waals surface area contributed by atoms with Gasteiger partial charge in [0.1, 0.15) is 6.10 Å². The standard InChI is InChI=1S/C49H87NO5/c1-4-7-10-13-16-19-22-24-27-30-33-36-39-42-49(54)55-45(40-37-34-31-28-26-23-20-17-14-11-8-5-2)43-48(53)50-46(44-51)47(52)41-38-35-32-29-25-21-18-15-12-9-6-3/h7,10,13,16,19,22,24,27-28,31,45-47,51-52H,4-6,8-9,11-12,14-15,17-18,20-21,23,25-26,29-30,32-44H2,1-3H3,(H,50,53)/b10-7+,16-13+,22-19-,27-24-,31-28-. The molecule has 6 heteroatoms. The van der Waals surface area contributed by atoms with E-state index in [-0.39, 0.29) is 24.9 Å². The van der Waals surface area contributed by atoms with E-state index in [0.717, 1.165) is 70.6 Å². The number of aliphatic hydroxyl groups excluding tert-OH is 2. The maximum atomic E-state index is 13.1. The molecule has 0 saturated heterocycles. The zero-order valence-corrected chi connectivity index (χ0v) is 36.0. The van der Waals surface area contributed by atoms with Crippen molar-refractivity contribution in [3.63, 3.8) is 0 Å². The molecule has 0 bridgehead atoms. The largest absolute Gasteiger partial charge is 0.462 e. The van der Waals surface area contributed by atoms with Crippen molar-refractivity contribution in [1.82, 2.24) is 5.32 Å². The predicted molar refractivity (Wildman–Crippen MR) is 236 cm³/mol. The Hall–Kier alpha value is -2.44. The van der Waals surface area contributed by atoms with Gasteiger partial charge in [-0.05, 0) is 64.2 Å². The van der Waals surface area contributed by atoms with Crippen LogP contribution in [0.3, 0.4) is 0 Å². The van der Waals surface area contributed by atoms with Crippen molar-refractivity contribution in [3.8, 4) is 0 Å². The van der Waals surface area contributed by atoms with Gasteiger partial charge in [0.15, 0.2) is 0 Å². The lowest BCUT2D eigenvalue weighted by molar-refractivity contribution is -0.151. The van der Waals surface area contributed by atoms with Gasteiger partial charge in [-0.3, -0.25) is 9.59 Å². The molecule has 318 valence electrons. The van der Waals surface area contributed by atoms with E-state index in [9.17, 15) is 19.8 Å². The summed E-state index contributed by atoms with van der Waals surface area (Å²) in [6.45, 7) is 6.30. The van der Waals surface area contributed by atoms with Crippen LogP contribution in [0.25, 0.3) is 0 Å². The molecule has 0 spiro atoms. The average Bonchev–Trinajstić information content (AvgIpc) is 3.18. The molecule has 0 aliphatic heterocycles. The number of aliphatic hydroxyl groups is 2. The molecule has 0 aliphatic rings. The van der Waals surface area contributed by atoms with Crippen LogP contribution < -0.4 is 5.32 Å². The van der Waals surface area contributed by atoms with Crippen molar-refractivity contribution in [1.29, 1.82) is 0 Å². The number of amides is 1. The number of esters is 1. The molecule has 0 radical (unpaired) electrons. The quantitative estimate of drug-likeness (QED) is 0.0250. The Bertz CT molecular complexity index is 999. The first-order valence-electron chi connectivity index (χ1n) is 23.1. The fourth-order valence-electron chi connectivity index (χ4n) is 6.68. The molecule has 55 heavy (non-hydrogen) atoms. The molecule has 3 N–H and O–H groups in total. The number of ether oxygens (including phenoxy) is 1. The van der Waals surface area contributed by atoms with Crippen LogP contribution in [0.1, 0.15) is 213 Å². The Labute approximate surface area is 339 Å². The molecule has 0 rings (SSSR count). The molecule has 3 atom stereocenters.